The summed E-state index contributed by atoms with van der Waals surface area (Å²) in [4.78, 5) is 21.9. The lowest BCUT2D eigenvalue weighted by Gasteiger charge is -2.40. The van der Waals surface area contributed by atoms with Crippen LogP contribution in [0.3, 0.4) is 0 Å². The van der Waals surface area contributed by atoms with Gasteiger partial charge in [-0.1, -0.05) is 19.2 Å². The molecule has 0 spiro atoms. The van der Waals surface area contributed by atoms with Crippen LogP contribution in [0, 0.1) is 5.41 Å². The monoisotopic (exact) mass is 693 g/mol. The molecule has 3 heterocycles. The van der Waals surface area contributed by atoms with Crippen LogP contribution in [-0.2, 0) is 21.4 Å². The first kappa shape index (κ1) is 34.4. The van der Waals surface area contributed by atoms with Crippen LogP contribution in [0.15, 0.2) is 101 Å². The Kier molecular flexibility index (Phi) is 11.0. The van der Waals surface area contributed by atoms with E-state index in [1.165, 1.54) is 34.9 Å². The lowest BCUT2D eigenvalue weighted by molar-refractivity contribution is -0.274. The molecule has 4 rings (SSSR count). The fourth-order valence-corrected chi connectivity index (χ4v) is 7.67. The zero-order valence-corrected chi connectivity index (χ0v) is 26.6. The minimum Gasteiger partial charge on any atom is -0.406 e. The van der Waals surface area contributed by atoms with Gasteiger partial charge in [-0.15, -0.1) is 35.8 Å². The molecule has 1 aliphatic heterocycles. The number of sulfonamides is 1. The van der Waals surface area contributed by atoms with E-state index in [0.717, 1.165) is 43.2 Å². The van der Waals surface area contributed by atoms with Crippen LogP contribution in [0.25, 0.3) is 9.75 Å². The molecule has 5 N–H and O–H groups in total. The van der Waals surface area contributed by atoms with E-state index in [9.17, 15) is 26.4 Å². The molecule has 1 fully saturated rings. The quantitative estimate of drug-likeness (QED) is 0.124. The minimum absolute atomic E-state index is 0.0196. The summed E-state index contributed by atoms with van der Waals surface area (Å²) in [7, 11) is -4.37. The van der Waals surface area contributed by atoms with Gasteiger partial charge in [-0.3, -0.25) is 10.2 Å². The summed E-state index contributed by atoms with van der Waals surface area (Å²) in [5, 5.41) is 16.0. The maximum absolute atomic E-state index is 13.7. The van der Waals surface area contributed by atoms with Gasteiger partial charge >= 0.3 is 6.36 Å². The van der Waals surface area contributed by atoms with Gasteiger partial charge in [-0.05, 0) is 54.0 Å². The highest BCUT2D eigenvalue weighted by Crippen LogP contribution is 2.32. The number of aliphatic imine (C=N–C) groups is 1. The first-order valence-electron chi connectivity index (χ1n) is 13.5. The number of alkyl halides is 3. The summed E-state index contributed by atoms with van der Waals surface area (Å²) in [6.45, 7) is 6.90. The zero-order chi connectivity index (χ0) is 33.5. The standard InChI is InChI=1S/C29H30F3N7O4S3/c1-3-35-16-23(19(2)33)36-17-27(34)38-12-13-39(46(41,42)22-9-6-20(7-10-22)43-29(30,31)32)24(18-38)28(40)37-15-21-8-11-26(45-21)25-5-4-14-44-25/h3-11,14,16-17,24,34-35H,1-2,12-13,15,18,33H2,(H,37,40)/t24-/m1/s1. The molecule has 11 nitrogen and oxygen atoms in total. The van der Waals surface area contributed by atoms with Gasteiger partial charge < -0.3 is 26.0 Å². The fourth-order valence-electron chi connectivity index (χ4n) is 4.31. The van der Waals surface area contributed by atoms with Gasteiger partial charge in [0.2, 0.25) is 15.9 Å². The van der Waals surface area contributed by atoms with Crippen LogP contribution < -0.4 is 21.1 Å². The van der Waals surface area contributed by atoms with Crippen LogP contribution in [0.4, 0.5) is 13.2 Å². The number of hydrogen-bond acceptors (Lipinski definition) is 10. The van der Waals surface area contributed by atoms with Gasteiger partial charge in [-0.2, -0.15) is 4.31 Å². The highest BCUT2D eigenvalue weighted by molar-refractivity contribution is 7.89. The van der Waals surface area contributed by atoms with E-state index in [1.54, 1.807) is 11.3 Å². The van der Waals surface area contributed by atoms with Crippen molar-refractivity contribution in [2.24, 2.45) is 10.7 Å². The predicted molar refractivity (Wildman–Crippen MR) is 173 cm³/mol. The van der Waals surface area contributed by atoms with E-state index in [4.69, 9.17) is 11.1 Å². The normalized spacial score (nSPS) is 16.3. The Balaban J connectivity index is 1.56. The zero-order valence-electron chi connectivity index (χ0n) is 24.2. The van der Waals surface area contributed by atoms with Gasteiger partial charge in [0.05, 0.1) is 23.4 Å². The number of piperazine rings is 1. The summed E-state index contributed by atoms with van der Waals surface area (Å²) in [6, 6.07) is 10.2. The van der Waals surface area contributed by atoms with E-state index in [0.29, 0.717) is 0 Å². The molecule has 1 aliphatic rings. The van der Waals surface area contributed by atoms with Crippen molar-refractivity contribution in [2.45, 2.75) is 23.8 Å². The number of amides is 1. The van der Waals surface area contributed by atoms with Gasteiger partial charge in [0.1, 0.15) is 23.3 Å². The van der Waals surface area contributed by atoms with E-state index < -0.39 is 34.1 Å². The molecule has 0 unspecified atom stereocenters. The molecule has 3 aromatic rings. The smallest absolute Gasteiger partial charge is 0.406 e. The van der Waals surface area contributed by atoms with E-state index >= 15 is 0 Å². The number of thiophene rings is 2. The second-order valence-electron chi connectivity index (χ2n) is 9.63. The first-order valence-corrected chi connectivity index (χ1v) is 16.6. The van der Waals surface area contributed by atoms with Crippen molar-refractivity contribution >= 4 is 50.7 Å². The van der Waals surface area contributed by atoms with Crippen LogP contribution in [0.5, 0.6) is 5.75 Å². The number of rotatable bonds is 12. The molecular weight excluding hydrogens is 664 g/mol. The van der Waals surface area contributed by atoms with Crippen LogP contribution in [-0.4, -0.2) is 67.6 Å². The fraction of sp³-hybridized carbons (Fsp3) is 0.207. The summed E-state index contributed by atoms with van der Waals surface area (Å²) in [5.74, 6) is -1.33. The molecule has 2 aromatic heterocycles. The van der Waals surface area contributed by atoms with Crippen molar-refractivity contribution < 1.29 is 31.1 Å². The summed E-state index contributed by atoms with van der Waals surface area (Å²) in [5.41, 5.74) is 6.10. The van der Waals surface area contributed by atoms with Crippen molar-refractivity contribution in [2.75, 3.05) is 19.6 Å². The molecule has 1 amide bonds. The SMILES string of the molecule is C=CNC=C(N=CC(=N)N1CCN(S(=O)(=O)c2ccc(OC(F)(F)F)cc2)[C@@H](C(=O)NCc2ccc(-c3cccs3)s2)C1)C(=C)N. The Morgan fingerprint density at radius 3 is 2.54 bits per heavy atom. The number of nitrogens with zero attached hydrogens (tertiary/aromatic N) is 3. The first-order chi connectivity index (χ1) is 21.8. The van der Waals surface area contributed by atoms with Crippen molar-refractivity contribution in [3.63, 3.8) is 0 Å². The Labute approximate surface area is 271 Å². The van der Waals surface area contributed by atoms with Gasteiger partial charge in [-0.25, -0.2) is 13.4 Å². The third-order valence-corrected chi connectivity index (χ3v) is 10.6. The summed E-state index contributed by atoms with van der Waals surface area (Å²) < 4.78 is 70.1. The molecule has 1 saturated heterocycles. The minimum atomic E-state index is -4.95. The average molecular weight is 694 g/mol. The Hall–Kier alpha value is -4.45. The Bertz CT molecular complexity index is 1740. The number of nitrogens with two attached hydrogens (primary N) is 1. The second-order valence-corrected chi connectivity index (χ2v) is 13.6. The van der Waals surface area contributed by atoms with Crippen molar-refractivity contribution in [3.8, 4) is 15.5 Å². The van der Waals surface area contributed by atoms with E-state index in [2.05, 4.69) is 33.5 Å². The third kappa shape index (κ3) is 8.84. The number of carbonyl (C=O) groups excluding carboxylic acids is 1. The molecule has 46 heavy (non-hydrogen) atoms. The number of carbonyl (C=O) groups is 1. The summed E-state index contributed by atoms with van der Waals surface area (Å²) in [6.07, 6.45) is -0.927. The van der Waals surface area contributed by atoms with Crippen LogP contribution in [0.1, 0.15) is 4.88 Å². The molecule has 17 heteroatoms. The van der Waals surface area contributed by atoms with Gasteiger partial charge in [0.15, 0.2) is 0 Å². The highest BCUT2D eigenvalue weighted by atomic mass is 32.2. The molecule has 244 valence electrons. The van der Waals surface area contributed by atoms with E-state index in [1.807, 2.05) is 29.6 Å². The van der Waals surface area contributed by atoms with Crippen molar-refractivity contribution in [3.05, 3.63) is 95.7 Å². The Morgan fingerprint density at radius 2 is 1.91 bits per heavy atom. The molecule has 0 radical (unpaired) electrons. The van der Waals surface area contributed by atoms with E-state index in [-0.39, 0.29) is 48.3 Å². The number of nitrogens with one attached hydrogen (secondary N) is 3. The predicted octanol–water partition coefficient (Wildman–Crippen LogP) is 4.46. The molecule has 1 atom stereocenters. The number of halogens is 3. The maximum Gasteiger partial charge on any atom is 0.573 e. The lowest BCUT2D eigenvalue weighted by Crippen LogP contribution is -2.61. The third-order valence-electron chi connectivity index (χ3n) is 6.49. The number of amidine groups is 1. The molecule has 0 bridgehead atoms. The highest BCUT2D eigenvalue weighted by Gasteiger charge is 2.41. The van der Waals surface area contributed by atoms with Gasteiger partial charge in [0.25, 0.3) is 0 Å². The second kappa shape index (κ2) is 14.8. The van der Waals surface area contributed by atoms with Crippen molar-refractivity contribution in [1.29, 1.82) is 5.41 Å². The molecule has 0 saturated carbocycles. The molecule has 1 aromatic carbocycles. The summed E-state index contributed by atoms with van der Waals surface area (Å²) >= 11 is 3.07. The Morgan fingerprint density at radius 1 is 1.17 bits per heavy atom. The average Bonchev–Trinajstić information content (AvgIpc) is 3.71. The molecular formula is C29H30F3N7O4S3. The molecule has 0 aliphatic carbocycles. The number of benzene rings is 1. The maximum atomic E-state index is 13.7. The van der Waals surface area contributed by atoms with Crippen LogP contribution >= 0.6 is 22.7 Å². The largest absolute Gasteiger partial charge is 0.573 e. The topological polar surface area (TPSA) is 153 Å². The lowest BCUT2D eigenvalue weighted by atomic mass is 10.2. The van der Waals surface area contributed by atoms with Crippen LogP contribution in [0.2, 0.25) is 0 Å². The number of ether oxygens (including phenoxy) is 1. The van der Waals surface area contributed by atoms with Crippen molar-refractivity contribution in [1.82, 2.24) is 19.8 Å². The number of hydrogen-bond donors (Lipinski definition) is 4. The van der Waals surface area contributed by atoms with Gasteiger partial charge in [0, 0.05) is 40.5 Å².